The molecule has 7 heteroatoms. The van der Waals surface area contributed by atoms with Crippen LogP contribution in [0.3, 0.4) is 0 Å². The predicted molar refractivity (Wildman–Crippen MR) is 117 cm³/mol. The van der Waals surface area contributed by atoms with E-state index in [0.29, 0.717) is 13.0 Å². The van der Waals surface area contributed by atoms with Gasteiger partial charge in [-0.25, -0.2) is 4.79 Å². The first-order valence-electron chi connectivity index (χ1n) is 10.5. The number of likely N-dealkylation sites (tertiary alicyclic amines) is 1. The zero-order valence-electron chi connectivity index (χ0n) is 18.5. The van der Waals surface area contributed by atoms with Crippen LogP contribution in [0.15, 0.2) is 30.3 Å². The van der Waals surface area contributed by atoms with Gasteiger partial charge in [-0.2, -0.15) is 0 Å². The molecule has 0 saturated carbocycles. The van der Waals surface area contributed by atoms with Crippen LogP contribution < -0.4 is 5.32 Å². The van der Waals surface area contributed by atoms with E-state index in [0.717, 1.165) is 31.5 Å². The zero-order valence-corrected chi connectivity index (χ0v) is 19.5. The largest absolute Gasteiger partial charge is 0.445 e. The second-order valence-electron chi connectivity index (χ2n) is 9.19. The summed E-state index contributed by atoms with van der Waals surface area (Å²) in [5, 5.41) is 2.87. The quantitative estimate of drug-likeness (QED) is 0.636. The number of carbonyl (C=O) groups is 2. The molecule has 0 aliphatic carbocycles. The molecule has 2 rings (SSSR count). The Morgan fingerprint density at radius 1 is 1.14 bits per heavy atom. The van der Waals surface area contributed by atoms with E-state index in [9.17, 15) is 9.59 Å². The summed E-state index contributed by atoms with van der Waals surface area (Å²) in [4.78, 5) is 27.1. The first-order chi connectivity index (χ1) is 13.6. The van der Waals surface area contributed by atoms with Gasteiger partial charge in [-0.15, -0.1) is 0 Å². The highest BCUT2D eigenvalue weighted by Gasteiger charge is 2.37. The van der Waals surface area contributed by atoms with Crippen molar-refractivity contribution < 1.29 is 18.8 Å². The predicted octanol–water partition coefficient (Wildman–Crippen LogP) is 4.32. The maximum absolute atomic E-state index is 12.9. The van der Waals surface area contributed by atoms with E-state index in [1.165, 1.54) is 0 Å². The van der Waals surface area contributed by atoms with Crippen LogP contribution in [0.5, 0.6) is 0 Å². The number of hydrogen-bond donors (Lipinski definition) is 1. The molecular weight excluding hydrogens is 384 g/mol. The number of rotatable bonds is 8. The van der Waals surface area contributed by atoms with E-state index in [2.05, 4.69) is 39.2 Å². The molecule has 1 saturated heterocycles. The van der Waals surface area contributed by atoms with Gasteiger partial charge in [0.05, 0.1) is 0 Å². The third-order valence-corrected chi connectivity index (χ3v) is 10.4. The molecule has 6 nitrogen and oxygen atoms in total. The first-order valence-corrected chi connectivity index (χ1v) is 13.4. The highest BCUT2D eigenvalue weighted by Crippen LogP contribution is 2.36. The Balaban J connectivity index is 1.93. The van der Waals surface area contributed by atoms with E-state index in [1.54, 1.807) is 0 Å². The fourth-order valence-corrected chi connectivity index (χ4v) is 4.03. The van der Waals surface area contributed by atoms with Gasteiger partial charge >= 0.3 is 6.09 Å². The fourth-order valence-electron chi connectivity index (χ4n) is 2.97. The maximum atomic E-state index is 12.9. The SMILES string of the molecule is CC(C)(C)[Si](C)(C)OCC[C@H](NC(=O)OCc1ccccc1)C(=O)N1CCCC1. The van der Waals surface area contributed by atoms with Gasteiger partial charge < -0.3 is 19.4 Å². The van der Waals surface area contributed by atoms with Crippen molar-refractivity contribution in [3.05, 3.63) is 35.9 Å². The lowest BCUT2D eigenvalue weighted by molar-refractivity contribution is -0.132. The van der Waals surface area contributed by atoms with Crippen LogP contribution in [0, 0.1) is 0 Å². The number of nitrogens with one attached hydrogen (secondary N) is 1. The third kappa shape index (κ3) is 7.15. The van der Waals surface area contributed by atoms with Crippen molar-refractivity contribution in [1.82, 2.24) is 10.2 Å². The number of benzene rings is 1. The fraction of sp³-hybridized carbons (Fsp3) is 0.636. The Morgan fingerprint density at radius 3 is 2.34 bits per heavy atom. The molecule has 2 amide bonds. The molecule has 0 unspecified atom stereocenters. The zero-order chi connectivity index (χ0) is 21.5. The number of carbonyl (C=O) groups excluding carboxylic acids is 2. The lowest BCUT2D eigenvalue weighted by Crippen LogP contribution is -2.49. The van der Waals surface area contributed by atoms with Crippen LogP contribution in [-0.2, 0) is 20.6 Å². The van der Waals surface area contributed by atoms with Crippen molar-refractivity contribution in [2.45, 2.75) is 70.8 Å². The number of ether oxygens (including phenoxy) is 1. The van der Waals surface area contributed by atoms with Gasteiger partial charge in [0.15, 0.2) is 8.32 Å². The van der Waals surface area contributed by atoms with Crippen LogP contribution in [0.25, 0.3) is 0 Å². The summed E-state index contributed by atoms with van der Waals surface area (Å²) in [6.07, 6.45) is 1.90. The van der Waals surface area contributed by atoms with Crippen molar-refractivity contribution in [1.29, 1.82) is 0 Å². The number of nitrogens with zero attached hydrogens (tertiary/aromatic N) is 1. The second-order valence-corrected chi connectivity index (χ2v) is 14.0. The van der Waals surface area contributed by atoms with Gasteiger partial charge in [0.1, 0.15) is 12.6 Å². The Kier molecular flexibility index (Phi) is 8.28. The van der Waals surface area contributed by atoms with Crippen molar-refractivity contribution in [3.8, 4) is 0 Å². The summed E-state index contributed by atoms with van der Waals surface area (Å²) in [6, 6.07) is 8.88. The van der Waals surface area contributed by atoms with Gasteiger partial charge in [0.2, 0.25) is 5.91 Å². The van der Waals surface area contributed by atoms with E-state index < -0.39 is 20.5 Å². The molecule has 1 N–H and O–H groups in total. The van der Waals surface area contributed by atoms with E-state index in [4.69, 9.17) is 9.16 Å². The first kappa shape index (κ1) is 23.4. The molecule has 29 heavy (non-hydrogen) atoms. The normalized spacial score (nSPS) is 15.8. The van der Waals surface area contributed by atoms with Gasteiger partial charge in [-0.05, 0) is 43.0 Å². The Morgan fingerprint density at radius 2 is 1.76 bits per heavy atom. The Labute approximate surface area is 176 Å². The Bertz CT molecular complexity index is 667. The maximum Gasteiger partial charge on any atom is 0.408 e. The Hall–Kier alpha value is -1.86. The smallest absolute Gasteiger partial charge is 0.408 e. The number of amides is 2. The minimum Gasteiger partial charge on any atom is -0.445 e. The van der Waals surface area contributed by atoms with E-state index in [-0.39, 0.29) is 17.6 Å². The lowest BCUT2D eigenvalue weighted by atomic mass is 10.2. The molecule has 1 heterocycles. The van der Waals surface area contributed by atoms with Crippen LogP contribution in [0.4, 0.5) is 4.79 Å². The van der Waals surface area contributed by atoms with Crippen molar-refractivity contribution >= 4 is 20.3 Å². The van der Waals surface area contributed by atoms with Gasteiger partial charge in [0, 0.05) is 19.7 Å². The molecule has 0 bridgehead atoms. The van der Waals surface area contributed by atoms with Crippen molar-refractivity contribution in [2.75, 3.05) is 19.7 Å². The molecule has 1 aliphatic rings. The summed E-state index contributed by atoms with van der Waals surface area (Å²) >= 11 is 0. The van der Waals surface area contributed by atoms with E-state index in [1.807, 2.05) is 35.2 Å². The summed E-state index contributed by atoms with van der Waals surface area (Å²) in [7, 11) is -1.91. The molecule has 162 valence electrons. The minimum atomic E-state index is -1.91. The van der Waals surface area contributed by atoms with Gasteiger partial charge in [0.25, 0.3) is 0 Å². The molecule has 1 aromatic rings. The van der Waals surface area contributed by atoms with Crippen molar-refractivity contribution in [3.63, 3.8) is 0 Å². The lowest BCUT2D eigenvalue weighted by Gasteiger charge is -2.36. The number of hydrogen-bond acceptors (Lipinski definition) is 4. The number of alkyl carbamates (subject to hydrolysis) is 1. The summed E-state index contributed by atoms with van der Waals surface area (Å²) in [6.45, 7) is 13.1. The van der Waals surface area contributed by atoms with E-state index >= 15 is 0 Å². The molecule has 1 aliphatic heterocycles. The molecule has 0 aromatic heterocycles. The molecule has 1 aromatic carbocycles. The van der Waals surface area contributed by atoms with Gasteiger partial charge in [-0.3, -0.25) is 4.79 Å². The van der Waals surface area contributed by atoms with Crippen LogP contribution in [0.2, 0.25) is 18.1 Å². The molecule has 0 spiro atoms. The summed E-state index contributed by atoms with van der Waals surface area (Å²) in [5.41, 5.74) is 0.909. The highest BCUT2D eigenvalue weighted by atomic mass is 28.4. The van der Waals surface area contributed by atoms with Crippen LogP contribution in [0.1, 0.15) is 45.6 Å². The standard InChI is InChI=1S/C22H36N2O4Si/c1-22(2,3)29(4,5)28-16-13-19(20(25)24-14-9-10-15-24)23-21(26)27-17-18-11-7-6-8-12-18/h6-8,11-12,19H,9-10,13-17H2,1-5H3,(H,23,26)/t19-/m0/s1. The van der Waals surface area contributed by atoms with Crippen molar-refractivity contribution in [2.24, 2.45) is 0 Å². The average Bonchev–Trinajstić information content (AvgIpc) is 3.19. The summed E-state index contributed by atoms with van der Waals surface area (Å²) < 4.78 is 11.5. The highest BCUT2D eigenvalue weighted by molar-refractivity contribution is 6.74. The molecule has 0 radical (unpaired) electrons. The minimum absolute atomic E-state index is 0.0435. The van der Waals surface area contributed by atoms with Gasteiger partial charge in [-0.1, -0.05) is 51.1 Å². The average molecular weight is 421 g/mol. The topological polar surface area (TPSA) is 67.9 Å². The monoisotopic (exact) mass is 420 g/mol. The summed E-state index contributed by atoms with van der Waals surface area (Å²) in [5.74, 6) is -0.0435. The molecule has 1 atom stereocenters. The molecule has 1 fully saturated rings. The van der Waals surface area contributed by atoms with Crippen LogP contribution >= 0.6 is 0 Å². The third-order valence-electron chi connectivity index (χ3n) is 5.90. The van der Waals surface area contributed by atoms with Crippen LogP contribution in [-0.4, -0.2) is 51.0 Å². The second kappa shape index (κ2) is 10.3. The molecular formula is C22H36N2O4Si.